The third kappa shape index (κ3) is 20.4. The molecule has 2 aliphatic rings. The van der Waals surface area contributed by atoms with Crippen molar-refractivity contribution in [2.24, 2.45) is 11.7 Å². The molecular weight excluding hydrogens is 979 g/mol. The number of phenolic OH excluding ortho intramolecular Hbond substituents is 1. The fraction of sp³-hybridized carbons (Fsp3) is 0.458. The van der Waals surface area contributed by atoms with Crippen LogP contribution < -0.4 is 37.2 Å². The van der Waals surface area contributed by atoms with Crippen molar-refractivity contribution in [3.63, 3.8) is 0 Å². The zero-order valence-corrected chi connectivity index (χ0v) is 40.0. The molecule has 10 N–H and O–H groups in total. The number of likely N-dealkylation sites (tertiary alicyclic amines) is 1. The van der Waals surface area contributed by atoms with Gasteiger partial charge in [0.1, 0.15) is 23.9 Å². The molecule has 0 spiro atoms. The van der Waals surface area contributed by atoms with Gasteiger partial charge in [-0.05, 0) is 113 Å². The van der Waals surface area contributed by atoms with Gasteiger partial charge in [0.2, 0.25) is 29.5 Å². The predicted octanol–water partition coefficient (Wildman–Crippen LogP) is 4.75. The van der Waals surface area contributed by atoms with E-state index in [1.807, 2.05) is 24.3 Å². The minimum absolute atomic E-state index is 0.0758. The van der Waals surface area contributed by atoms with E-state index >= 15 is 0 Å². The number of nitrogens with two attached hydrogens (primary N) is 1. The summed E-state index contributed by atoms with van der Waals surface area (Å²) in [5.41, 5.74) is 8.66. The van der Waals surface area contributed by atoms with Gasteiger partial charge >= 0.3 is 24.3 Å². The van der Waals surface area contributed by atoms with Crippen LogP contribution in [0.25, 0.3) is 0 Å². The van der Waals surface area contributed by atoms with Crippen molar-refractivity contribution in [2.75, 3.05) is 42.9 Å². The molecule has 19 nitrogen and oxygen atoms in total. The van der Waals surface area contributed by atoms with E-state index in [0.717, 1.165) is 45.2 Å². The van der Waals surface area contributed by atoms with Gasteiger partial charge < -0.3 is 47.6 Å². The molecule has 400 valence electrons. The van der Waals surface area contributed by atoms with Gasteiger partial charge in [-0.15, -0.1) is 0 Å². The number of hydrogen-bond donors (Lipinski definition) is 9. The number of carboxylic acid groups (broad SMARTS) is 2. The number of carbonyl (C=O) groups is 8. The quantitative estimate of drug-likeness (QED) is 0.0580. The van der Waals surface area contributed by atoms with Crippen LogP contribution in [0.15, 0.2) is 72.8 Å². The van der Waals surface area contributed by atoms with Gasteiger partial charge in [-0.25, -0.2) is 9.59 Å². The Balaban J connectivity index is 0.000000878. The van der Waals surface area contributed by atoms with Gasteiger partial charge in [-0.1, -0.05) is 49.2 Å². The number of halogens is 6. The Labute approximate surface area is 416 Å². The number of hydrogen-bond acceptors (Lipinski definition) is 11. The first-order valence-corrected chi connectivity index (χ1v) is 23.1. The second kappa shape index (κ2) is 28.7. The lowest BCUT2D eigenvalue weighted by molar-refractivity contribution is -0.193. The van der Waals surface area contributed by atoms with Gasteiger partial charge in [0.15, 0.2) is 0 Å². The maximum Gasteiger partial charge on any atom is 0.490 e. The number of aliphatic carboxylic acids is 2. The molecule has 5 rings (SSSR count). The number of phenols is 1. The number of unbranched alkanes of at least 4 members (excludes halogenated alkanes) is 2. The second-order valence-corrected chi connectivity index (χ2v) is 17.0. The number of para-hydroxylation sites is 3. The molecule has 0 saturated carbocycles. The minimum atomic E-state index is -5.08. The highest BCUT2D eigenvalue weighted by atomic mass is 19.4. The van der Waals surface area contributed by atoms with E-state index in [-0.39, 0.29) is 36.4 Å². The van der Waals surface area contributed by atoms with Crippen molar-refractivity contribution >= 4 is 64.4 Å². The molecule has 6 amide bonds. The minimum Gasteiger partial charge on any atom is -0.508 e. The number of nitrogens with zero attached hydrogens (tertiary/aromatic N) is 2. The van der Waals surface area contributed by atoms with Crippen molar-refractivity contribution in [2.45, 2.75) is 102 Å². The largest absolute Gasteiger partial charge is 0.508 e. The topological polar surface area (TPSA) is 290 Å². The first kappa shape index (κ1) is 60.0. The lowest BCUT2D eigenvalue weighted by atomic mass is 9.91. The number of benzene rings is 3. The van der Waals surface area contributed by atoms with Gasteiger partial charge in [-0.3, -0.25) is 38.6 Å². The van der Waals surface area contributed by atoms with E-state index in [4.69, 9.17) is 25.5 Å². The van der Waals surface area contributed by atoms with Crippen LogP contribution >= 0.6 is 0 Å². The lowest BCUT2D eigenvalue weighted by Crippen LogP contribution is -2.56. The normalized spacial score (nSPS) is 14.8. The standard InChI is InChI=1S/C44H58N8O7.2C2HF3O2/c1-29(47-44(59)37(48-30(2)53)27-32-17-19-33(54)20-18-32)41(56)50-36(14-7-9-23-45)43(58)46-24-10-8-11-31-21-25-51(26-22-31)28-40(55)52-38-15-5-3-12-34(38)42(57)49-35-13-4-6-16-39(35)52;2*3-2(4,5)1(6)7/h3-6,12-13,15-20,29,31,36-37,54H,7-11,14,21-28,45H2,1-2H3,(H,46,58)(H,47,59)(H,48,53)(H,49,57)(H,50,56);2*(H,6,7)/t29-,36-,37-;;/m0../s1. The van der Waals surface area contributed by atoms with E-state index in [1.54, 1.807) is 41.3 Å². The van der Waals surface area contributed by atoms with Crippen LogP contribution in [-0.4, -0.2) is 131 Å². The molecule has 3 aromatic carbocycles. The Morgan fingerprint density at radius 1 is 0.740 bits per heavy atom. The maximum atomic E-state index is 13.9. The summed E-state index contributed by atoms with van der Waals surface area (Å²) in [7, 11) is 0. The average molecular weight is 1040 g/mol. The highest BCUT2D eigenvalue weighted by Gasteiger charge is 2.39. The first-order chi connectivity index (χ1) is 34.3. The Morgan fingerprint density at radius 3 is 1.89 bits per heavy atom. The van der Waals surface area contributed by atoms with Crippen molar-refractivity contribution in [3.8, 4) is 5.75 Å². The average Bonchev–Trinajstić information content (AvgIpc) is 3.45. The molecule has 1 fully saturated rings. The number of fused-ring (bicyclic) bond motifs is 2. The molecule has 0 bridgehead atoms. The Bertz CT molecular complexity index is 2340. The molecule has 0 radical (unpaired) electrons. The summed E-state index contributed by atoms with van der Waals surface area (Å²) in [5, 5.41) is 37.8. The van der Waals surface area contributed by atoms with Crippen LogP contribution in [-0.2, 0) is 40.0 Å². The van der Waals surface area contributed by atoms with Crippen LogP contribution in [0.2, 0.25) is 0 Å². The van der Waals surface area contributed by atoms with E-state index in [2.05, 4.69) is 31.5 Å². The molecule has 2 aliphatic heterocycles. The molecule has 3 aromatic rings. The van der Waals surface area contributed by atoms with Gasteiger partial charge in [-0.2, -0.15) is 26.3 Å². The van der Waals surface area contributed by atoms with Crippen molar-refractivity contribution in [3.05, 3.63) is 83.9 Å². The summed E-state index contributed by atoms with van der Waals surface area (Å²) in [4.78, 5) is 99.9. The fourth-order valence-electron chi connectivity index (χ4n) is 7.57. The summed E-state index contributed by atoms with van der Waals surface area (Å²) in [6.07, 6.45) is -3.71. The van der Waals surface area contributed by atoms with Crippen molar-refractivity contribution < 1.29 is 80.0 Å². The Morgan fingerprint density at radius 2 is 1.32 bits per heavy atom. The Hall–Kier alpha value is -7.28. The number of anilines is 3. The number of rotatable bonds is 19. The van der Waals surface area contributed by atoms with Crippen LogP contribution in [0.1, 0.15) is 81.1 Å². The first-order valence-electron chi connectivity index (χ1n) is 23.1. The number of nitrogens with one attached hydrogen (secondary N) is 5. The third-order valence-corrected chi connectivity index (χ3v) is 11.3. The summed E-state index contributed by atoms with van der Waals surface area (Å²) >= 11 is 0. The fourth-order valence-corrected chi connectivity index (χ4v) is 7.57. The van der Waals surface area contributed by atoms with E-state index in [1.165, 1.54) is 26.0 Å². The summed E-state index contributed by atoms with van der Waals surface area (Å²) in [5.74, 6) is -7.07. The smallest absolute Gasteiger partial charge is 0.490 e. The molecule has 25 heteroatoms. The monoisotopic (exact) mass is 1040 g/mol. The van der Waals surface area contributed by atoms with E-state index in [0.29, 0.717) is 66.5 Å². The number of amides is 6. The van der Waals surface area contributed by atoms with Crippen LogP contribution in [0.3, 0.4) is 0 Å². The van der Waals surface area contributed by atoms with Gasteiger partial charge in [0, 0.05) is 19.9 Å². The summed E-state index contributed by atoms with van der Waals surface area (Å²) in [6.45, 7) is 5.54. The molecule has 2 heterocycles. The Kier molecular flexibility index (Phi) is 23.6. The van der Waals surface area contributed by atoms with Crippen LogP contribution in [0.4, 0.5) is 43.4 Å². The van der Waals surface area contributed by atoms with Gasteiger partial charge in [0.25, 0.3) is 5.91 Å². The maximum absolute atomic E-state index is 13.9. The third-order valence-electron chi connectivity index (χ3n) is 11.3. The predicted molar refractivity (Wildman–Crippen MR) is 253 cm³/mol. The SMILES string of the molecule is CC(=O)N[C@@H](Cc1ccc(O)cc1)C(=O)N[C@@H](C)C(=O)N[C@@H](CCCCN)C(=O)NCCCCC1CCN(CC(=O)N2c3ccccc3NC(=O)c3ccccc32)CC1.O=C(O)C(F)(F)F.O=C(O)C(F)(F)F. The molecule has 73 heavy (non-hydrogen) atoms. The molecule has 3 atom stereocenters. The van der Waals surface area contributed by atoms with Crippen LogP contribution in [0.5, 0.6) is 5.75 Å². The molecule has 1 saturated heterocycles. The number of aromatic hydroxyl groups is 1. The molecule has 0 unspecified atom stereocenters. The van der Waals surface area contributed by atoms with Crippen molar-refractivity contribution in [1.82, 2.24) is 26.2 Å². The molecule has 0 aromatic heterocycles. The lowest BCUT2D eigenvalue weighted by Gasteiger charge is -2.33. The summed E-state index contributed by atoms with van der Waals surface area (Å²) in [6, 6.07) is 18.0. The number of piperidine rings is 1. The zero-order chi connectivity index (χ0) is 54.5. The molecular formula is C48H60F6N8O11. The van der Waals surface area contributed by atoms with Gasteiger partial charge in [0.05, 0.1) is 29.2 Å². The van der Waals surface area contributed by atoms with Crippen molar-refractivity contribution in [1.29, 1.82) is 0 Å². The number of carboxylic acids is 2. The number of alkyl halides is 6. The zero-order valence-electron chi connectivity index (χ0n) is 40.0. The van der Waals surface area contributed by atoms with Crippen LogP contribution in [0, 0.1) is 5.92 Å². The summed E-state index contributed by atoms with van der Waals surface area (Å²) < 4.78 is 63.5. The second-order valence-electron chi connectivity index (χ2n) is 17.0. The number of carbonyl (C=O) groups excluding carboxylic acids is 6. The highest BCUT2D eigenvalue weighted by Crippen LogP contribution is 2.38. The highest BCUT2D eigenvalue weighted by molar-refractivity contribution is 6.18. The van der Waals surface area contributed by atoms with E-state index < -0.39 is 60.1 Å². The van der Waals surface area contributed by atoms with E-state index in [9.17, 15) is 60.2 Å². The molecule has 0 aliphatic carbocycles.